The highest BCUT2D eigenvalue weighted by atomic mass is 14.5. The summed E-state index contributed by atoms with van der Waals surface area (Å²) in [7, 11) is 0. The molecule has 9 heavy (non-hydrogen) atoms. The zero-order valence-corrected chi connectivity index (χ0v) is 6.22. The lowest BCUT2D eigenvalue weighted by atomic mass is 10.3. The highest BCUT2D eigenvalue weighted by molar-refractivity contribution is 5.13. The van der Waals surface area contributed by atoms with Gasteiger partial charge in [0.05, 0.1) is 0 Å². The molecule has 1 heteroatoms. The van der Waals surface area contributed by atoms with Gasteiger partial charge in [0.15, 0.2) is 0 Å². The fourth-order valence-electron chi connectivity index (χ4n) is 0.558. The highest BCUT2D eigenvalue weighted by Gasteiger charge is 1.76. The third-order valence-corrected chi connectivity index (χ3v) is 0.986. The fraction of sp³-hybridized carbons (Fsp3) is 0.500. The van der Waals surface area contributed by atoms with Gasteiger partial charge < -0.3 is 5.73 Å². The van der Waals surface area contributed by atoms with Gasteiger partial charge in [0.25, 0.3) is 0 Å². The van der Waals surface area contributed by atoms with Crippen molar-refractivity contribution in [3.63, 3.8) is 0 Å². The normalized spacial score (nSPS) is 12.9. The van der Waals surface area contributed by atoms with Crippen LogP contribution < -0.4 is 5.73 Å². The maximum absolute atomic E-state index is 5.54. The van der Waals surface area contributed by atoms with Gasteiger partial charge in [-0.2, -0.15) is 0 Å². The van der Waals surface area contributed by atoms with Crippen LogP contribution in [0.5, 0.6) is 0 Å². The Balaban J connectivity index is 3.60. The number of hydrogen-bond donors (Lipinski definition) is 1. The van der Waals surface area contributed by atoms with Gasteiger partial charge in [-0.25, -0.2) is 0 Å². The molecule has 1 nitrogen and oxygen atoms in total. The third kappa shape index (κ3) is 5.15. The van der Waals surface area contributed by atoms with E-state index in [9.17, 15) is 0 Å². The van der Waals surface area contributed by atoms with Gasteiger partial charge in [-0.15, -0.1) is 0 Å². The van der Waals surface area contributed by atoms with E-state index in [1.807, 2.05) is 12.2 Å². The molecule has 0 aliphatic heterocycles. The summed E-state index contributed by atoms with van der Waals surface area (Å²) in [5.74, 6) is 0. The molecule has 0 aromatic heterocycles. The van der Waals surface area contributed by atoms with E-state index >= 15 is 0 Å². The Morgan fingerprint density at radius 3 is 2.44 bits per heavy atom. The highest BCUT2D eigenvalue weighted by Crippen LogP contribution is 1.90. The van der Waals surface area contributed by atoms with Crippen molar-refractivity contribution in [3.8, 4) is 0 Å². The first-order valence-corrected chi connectivity index (χ1v) is 3.43. The molecule has 0 aliphatic rings. The van der Waals surface area contributed by atoms with Gasteiger partial charge in [0, 0.05) is 5.70 Å². The quantitative estimate of drug-likeness (QED) is 0.575. The molecule has 0 bridgehead atoms. The van der Waals surface area contributed by atoms with Gasteiger partial charge in [-0.1, -0.05) is 26.0 Å². The number of rotatable bonds is 3. The molecule has 0 amide bonds. The Kier molecular flexibility index (Phi) is 4.98. The maximum Gasteiger partial charge on any atom is 0.0270 e. The first-order valence-electron chi connectivity index (χ1n) is 3.43. The summed E-state index contributed by atoms with van der Waals surface area (Å²) in [6.45, 7) is 4.17. The van der Waals surface area contributed by atoms with Crippen LogP contribution in [0.3, 0.4) is 0 Å². The van der Waals surface area contributed by atoms with Crippen LogP contribution in [0.4, 0.5) is 0 Å². The van der Waals surface area contributed by atoms with Crippen molar-refractivity contribution in [1.82, 2.24) is 0 Å². The SMILES string of the molecule is CC/C=C\C(N)=C/CC. The lowest BCUT2D eigenvalue weighted by molar-refractivity contribution is 1.17. The molecule has 0 atom stereocenters. The lowest BCUT2D eigenvalue weighted by Gasteiger charge is -1.88. The van der Waals surface area contributed by atoms with Gasteiger partial charge >= 0.3 is 0 Å². The minimum atomic E-state index is 0.874. The van der Waals surface area contributed by atoms with Gasteiger partial charge in [0.1, 0.15) is 0 Å². The second kappa shape index (κ2) is 5.42. The monoisotopic (exact) mass is 125 g/mol. The van der Waals surface area contributed by atoms with Crippen LogP contribution >= 0.6 is 0 Å². The first-order chi connectivity index (χ1) is 4.31. The van der Waals surface area contributed by atoms with E-state index < -0.39 is 0 Å². The Labute approximate surface area is 57.3 Å². The smallest absolute Gasteiger partial charge is 0.0270 e. The predicted octanol–water partition coefficient (Wildman–Crippen LogP) is 2.21. The topological polar surface area (TPSA) is 26.0 Å². The van der Waals surface area contributed by atoms with Crippen molar-refractivity contribution in [2.45, 2.75) is 26.7 Å². The molecular formula is C8H15N. The molecule has 0 aromatic rings. The van der Waals surface area contributed by atoms with Crippen LogP contribution in [-0.4, -0.2) is 0 Å². The molecule has 0 heterocycles. The van der Waals surface area contributed by atoms with Crippen molar-refractivity contribution >= 4 is 0 Å². The van der Waals surface area contributed by atoms with Crippen molar-refractivity contribution in [1.29, 1.82) is 0 Å². The molecular weight excluding hydrogens is 110 g/mol. The zero-order valence-electron chi connectivity index (χ0n) is 6.22. The molecule has 52 valence electrons. The summed E-state index contributed by atoms with van der Waals surface area (Å²) in [5, 5.41) is 0. The largest absolute Gasteiger partial charge is 0.399 e. The number of allylic oxidation sites excluding steroid dienone is 3. The average molecular weight is 125 g/mol. The molecule has 0 spiro atoms. The van der Waals surface area contributed by atoms with E-state index in [4.69, 9.17) is 5.73 Å². The van der Waals surface area contributed by atoms with Crippen LogP contribution in [-0.2, 0) is 0 Å². The number of nitrogens with two attached hydrogens (primary N) is 1. The lowest BCUT2D eigenvalue weighted by Crippen LogP contribution is -1.91. The minimum absolute atomic E-state index is 0.874. The van der Waals surface area contributed by atoms with E-state index in [2.05, 4.69) is 19.9 Å². The molecule has 2 N–H and O–H groups in total. The van der Waals surface area contributed by atoms with E-state index in [1.165, 1.54) is 0 Å². The first kappa shape index (κ1) is 8.28. The van der Waals surface area contributed by atoms with Crippen molar-refractivity contribution in [2.24, 2.45) is 5.73 Å². The summed E-state index contributed by atoms with van der Waals surface area (Å²) in [5.41, 5.74) is 6.42. The molecule has 0 radical (unpaired) electrons. The third-order valence-electron chi connectivity index (χ3n) is 0.986. The van der Waals surface area contributed by atoms with E-state index in [1.54, 1.807) is 0 Å². The summed E-state index contributed by atoms with van der Waals surface area (Å²) < 4.78 is 0. The standard InChI is InChI=1S/C8H15N/c1-3-5-7-8(9)6-4-2/h5-7H,3-4,9H2,1-2H3/b7-5-,8-6+. The molecule has 0 fully saturated rings. The second-order valence-corrected chi connectivity index (χ2v) is 1.92. The summed E-state index contributed by atoms with van der Waals surface area (Å²) in [6.07, 6.45) is 8.08. The van der Waals surface area contributed by atoms with Crippen LogP contribution in [0.1, 0.15) is 26.7 Å². The second-order valence-electron chi connectivity index (χ2n) is 1.92. The predicted molar refractivity (Wildman–Crippen MR) is 42.0 cm³/mol. The number of hydrogen-bond acceptors (Lipinski definition) is 1. The van der Waals surface area contributed by atoms with Gasteiger partial charge in [0.2, 0.25) is 0 Å². The van der Waals surface area contributed by atoms with Gasteiger partial charge in [-0.3, -0.25) is 0 Å². The Morgan fingerprint density at radius 2 is 2.00 bits per heavy atom. The molecule has 0 aromatic carbocycles. The van der Waals surface area contributed by atoms with Crippen LogP contribution in [0.2, 0.25) is 0 Å². The molecule has 0 rings (SSSR count). The summed E-state index contributed by atoms with van der Waals surface area (Å²) in [4.78, 5) is 0. The van der Waals surface area contributed by atoms with Gasteiger partial charge in [-0.05, 0) is 18.9 Å². The van der Waals surface area contributed by atoms with E-state index in [-0.39, 0.29) is 0 Å². The molecule has 0 aliphatic carbocycles. The van der Waals surface area contributed by atoms with E-state index in [0.717, 1.165) is 18.5 Å². The van der Waals surface area contributed by atoms with Crippen LogP contribution in [0.15, 0.2) is 23.9 Å². The Morgan fingerprint density at radius 1 is 1.33 bits per heavy atom. The van der Waals surface area contributed by atoms with E-state index in [0.29, 0.717) is 0 Å². The average Bonchev–Trinajstić information content (AvgIpc) is 1.85. The summed E-state index contributed by atoms with van der Waals surface area (Å²) >= 11 is 0. The minimum Gasteiger partial charge on any atom is -0.399 e. The molecule has 0 saturated heterocycles. The van der Waals surface area contributed by atoms with Crippen molar-refractivity contribution in [2.75, 3.05) is 0 Å². The Hall–Kier alpha value is -0.720. The Bertz CT molecular complexity index is 112. The summed E-state index contributed by atoms with van der Waals surface area (Å²) in [6, 6.07) is 0. The van der Waals surface area contributed by atoms with Crippen molar-refractivity contribution in [3.05, 3.63) is 23.9 Å². The van der Waals surface area contributed by atoms with Crippen LogP contribution in [0, 0.1) is 0 Å². The zero-order chi connectivity index (χ0) is 7.11. The van der Waals surface area contributed by atoms with Crippen LogP contribution in [0.25, 0.3) is 0 Å². The maximum atomic E-state index is 5.54. The molecule has 0 saturated carbocycles. The fourth-order valence-corrected chi connectivity index (χ4v) is 0.558. The molecule has 0 unspecified atom stereocenters. The van der Waals surface area contributed by atoms with Crippen molar-refractivity contribution < 1.29 is 0 Å².